The molecule has 164 valence electrons. The Bertz CT molecular complexity index is 465. The van der Waals surface area contributed by atoms with E-state index in [2.05, 4.69) is 35.9 Å². The van der Waals surface area contributed by atoms with Crippen LogP contribution in [0.15, 0.2) is 4.99 Å². The number of halogens is 1. The number of carbonyl (C=O) groups excluding carboxylic acids is 1. The van der Waals surface area contributed by atoms with E-state index in [0.29, 0.717) is 13.0 Å². The Morgan fingerprint density at radius 3 is 2.54 bits per heavy atom. The van der Waals surface area contributed by atoms with E-state index in [4.69, 9.17) is 9.73 Å². The minimum atomic E-state index is -0.0532. The molecule has 0 bridgehead atoms. The second-order valence-corrected chi connectivity index (χ2v) is 7.82. The van der Waals surface area contributed by atoms with Crippen molar-refractivity contribution in [1.82, 2.24) is 15.1 Å². The number of hydrogen-bond donors (Lipinski definition) is 1. The number of nitrogens with one attached hydrogen (secondary N) is 1. The molecule has 7 heteroatoms. The van der Waals surface area contributed by atoms with E-state index in [1.165, 1.54) is 25.8 Å². The maximum atomic E-state index is 11.9. The van der Waals surface area contributed by atoms with Crippen molar-refractivity contribution < 1.29 is 9.53 Å². The van der Waals surface area contributed by atoms with Crippen LogP contribution in [-0.4, -0.2) is 73.6 Å². The molecule has 1 N–H and O–H groups in total. The van der Waals surface area contributed by atoms with E-state index in [1.807, 2.05) is 0 Å². The van der Waals surface area contributed by atoms with Gasteiger partial charge in [0.15, 0.2) is 5.96 Å². The molecule has 0 aromatic heterocycles. The number of nitrogens with zero attached hydrogens (tertiary/aromatic N) is 3. The summed E-state index contributed by atoms with van der Waals surface area (Å²) in [4.78, 5) is 21.6. The Morgan fingerprint density at radius 2 is 1.89 bits per heavy atom. The van der Waals surface area contributed by atoms with Crippen LogP contribution in [0.4, 0.5) is 0 Å². The number of esters is 1. The van der Waals surface area contributed by atoms with Crippen molar-refractivity contribution in [3.63, 3.8) is 0 Å². The van der Waals surface area contributed by atoms with E-state index in [1.54, 1.807) is 0 Å². The minimum Gasteiger partial charge on any atom is -0.462 e. The van der Waals surface area contributed by atoms with Crippen LogP contribution in [0.3, 0.4) is 0 Å². The lowest BCUT2D eigenvalue weighted by Crippen LogP contribution is -2.41. The van der Waals surface area contributed by atoms with Crippen LogP contribution >= 0.6 is 24.0 Å². The third-order valence-electron chi connectivity index (χ3n) is 5.73. The number of hydrogen-bond acceptors (Lipinski definition) is 4. The summed E-state index contributed by atoms with van der Waals surface area (Å²) in [5.74, 6) is 1.67. The number of likely N-dealkylation sites (tertiary alicyclic amines) is 1. The summed E-state index contributed by atoms with van der Waals surface area (Å²) in [6.45, 7) is 13.7. The van der Waals surface area contributed by atoms with Crippen LogP contribution in [0, 0.1) is 5.92 Å². The molecule has 1 aliphatic heterocycles. The average Bonchev–Trinajstić information content (AvgIpc) is 3.34. The second kappa shape index (κ2) is 14.4. The van der Waals surface area contributed by atoms with Crippen LogP contribution in [0.2, 0.25) is 0 Å². The van der Waals surface area contributed by atoms with Crippen LogP contribution in [-0.2, 0) is 9.53 Å². The average molecular weight is 508 g/mol. The van der Waals surface area contributed by atoms with E-state index in [0.717, 1.165) is 63.9 Å². The number of guanidine groups is 1. The van der Waals surface area contributed by atoms with Gasteiger partial charge in [0.25, 0.3) is 0 Å². The second-order valence-electron chi connectivity index (χ2n) is 7.82. The van der Waals surface area contributed by atoms with E-state index in [-0.39, 0.29) is 36.0 Å². The topological polar surface area (TPSA) is 57.2 Å². The molecule has 28 heavy (non-hydrogen) atoms. The molecule has 0 amide bonds. The highest BCUT2D eigenvalue weighted by molar-refractivity contribution is 14.0. The van der Waals surface area contributed by atoms with Crippen molar-refractivity contribution in [3.8, 4) is 0 Å². The fourth-order valence-electron chi connectivity index (χ4n) is 4.11. The first-order valence-electron chi connectivity index (χ1n) is 11.1. The summed E-state index contributed by atoms with van der Waals surface area (Å²) in [5, 5.41) is 3.42. The highest BCUT2D eigenvalue weighted by atomic mass is 127. The standard InChI is InChI=1S/C21H40N4O2.HI/c1-4-22-21(25-15-13-18(17-25)16-24(5-2)6-3)23-14-9-12-20(26)27-19-10-7-8-11-19;/h18-19H,4-17H2,1-3H3,(H,22,23);1H. The van der Waals surface area contributed by atoms with Gasteiger partial charge in [0.05, 0.1) is 0 Å². The highest BCUT2D eigenvalue weighted by Gasteiger charge is 2.26. The number of rotatable bonds is 10. The van der Waals surface area contributed by atoms with Gasteiger partial charge >= 0.3 is 5.97 Å². The predicted octanol–water partition coefficient (Wildman–Crippen LogP) is 3.50. The van der Waals surface area contributed by atoms with Gasteiger partial charge in [-0.2, -0.15) is 0 Å². The molecule has 1 heterocycles. The van der Waals surface area contributed by atoms with Crippen molar-refractivity contribution in [2.45, 2.75) is 71.8 Å². The van der Waals surface area contributed by atoms with Crippen LogP contribution in [0.1, 0.15) is 65.7 Å². The number of aliphatic imine (C=N–C) groups is 1. The lowest BCUT2D eigenvalue weighted by molar-refractivity contribution is -0.148. The normalized spacial score (nSPS) is 20.5. The lowest BCUT2D eigenvalue weighted by atomic mass is 10.1. The molecule has 1 saturated heterocycles. The number of ether oxygens (including phenoxy) is 1. The van der Waals surface area contributed by atoms with Gasteiger partial charge in [-0.3, -0.25) is 9.79 Å². The minimum absolute atomic E-state index is 0. The molecule has 0 radical (unpaired) electrons. The fraction of sp³-hybridized carbons (Fsp3) is 0.905. The zero-order valence-corrected chi connectivity index (χ0v) is 20.5. The van der Waals surface area contributed by atoms with Gasteiger partial charge in [-0.1, -0.05) is 13.8 Å². The SMILES string of the molecule is CCNC(=NCCCC(=O)OC1CCCC1)N1CCC(CN(CC)CC)C1.I. The number of carbonyl (C=O) groups is 1. The zero-order valence-electron chi connectivity index (χ0n) is 18.1. The maximum absolute atomic E-state index is 11.9. The molecule has 1 unspecified atom stereocenters. The maximum Gasteiger partial charge on any atom is 0.306 e. The summed E-state index contributed by atoms with van der Waals surface area (Å²) >= 11 is 0. The molecule has 6 nitrogen and oxygen atoms in total. The molecule has 2 rings (SSSR count). The van der Waals surface area contributed by atoms with Crippen molar-refractivity contribution >= 4 is 35.9 Å². The molecule has 2 aliphatic rings. The van der Waals surface area contributed by atoms with Gasteiger partial charge in [-0.15, -0.1) is 24.0 Å². The van der Waals surface area contributed by atoms with E-state index in [9.17, 15) is 4.79 Å². The smallest absolute Gasteiger partial charge is 0.306 e. The third kappa shape index (κ3) is 8.84. The van der Waals surface area contributed by atoms with E-state index >= 15 is 0 Å². The van der Waals surface area contributed by atoms with Crippen molar-refractivity contribution in [2.24, 2.45) is 10.9 Å². The van der Waals surface area contributed by atoms with Crippen LogP contribution in [0.5, 0.6) is 0 Å². The third-order valence-corrected chi connectivity index (χ3v) is 5.73. The summed E-state index contributed by atoms with van der Waals surface area (Å²) < 4.78 is 5.52. The van der Waals surface area contributed by atoms with Gasteiger partial charge in [0, 0.05) is 39.1 Å². The van der Waals surface area contributed by atoms with Crippen molar-refractivity contribution in [2.75, 3.05) is 45.8 Å². The monoisotopic (exact) mass is 508 g/mol. The van der Waals surface area contributed by atoms with Gasteiger partial charge in [-0.25, -0.2) is 0 Å². The first kappa shape index (κ1) is 25.5. The predicted molar refractivity (Wildman–Crippen MR) is 126 cm³/mol. The quantitative estimate of drug-likeness (QED) is 0.161. The van der Waals surface area contributed by atoms with Crippen LogP contribution < -0.4 is 5.32 Å². The fourth-order valence-corrected chi connectivity index (χ4v) is 4.11. The lowest BCUT2D eigenvalue weighted by Gasteiger charge is -2.24. The Balaban J connectivity index is 0.00000392. The largest absolute Gasteiger partial charge is 0.462 e. The zero-order chi connectivity index (χ0) is 19.5. The summed E-state index contributed by atoms with van der Waals surface area (Å²) in [6.07, 6.45) is 7.11. The van der Waals surface area contributed by atoms with Crippen molar-refractivity contribution in [1.29, 1.82) is 0 Å². The molecular formula is C21H41IN4O2. The first-order valence-corrected chi connectivity index (χ1v) is 11.1. The van der Waals surface area contributed by atoms with Gasteiger partial charge < -0.3 is 19.9 Å². The summed E-state index contributed by atoms with van der Waals surface area (Å²) in [7, 11) is 0. The Kier molecular flexibility index (Phi) is 13.1. The van der Waals surface area contributed by atoms with Gasteiger partial charge in [0.1, 0.15) is 6.10 Å². The summed E-state index contributed by atoms with van der Waals surface area (Å²) in [5.41, 5.74) is 0. The van der Waals surface area contributed by atoms with E-state index < -0.39 is 0 Å². The van der Waals surface area contributed by atoms with Gasteiger partial charge in [0.2, 0.25) is 0 Å². The van der Waals surface area contributed by atoms with Gasteiger partial charge in [-0.05, 0) is 64.5 Å². The first-order chi connectivity index (χ1) is 13.2. The molecule has 1 atom stereocenters. The molecular weight excluding hydrogens is 467 g/mol. The molecule has 0 spiro atoms. The Hall–Kier alpha value is -0.570. The molecule has 1 saturated carbocycles. The molecule has 0 aromatic rings. The molecule has 2 fully saturated rings. The molecule has 0 aromatic carbocycles. The highest BCUT2D eigenvalue weighted by Crippen LogP contribution is 2.21. The Labute approximate surface area is 188 Å². The van der Waals surface area contributed by atoms with Crippen molar-refractivity contribution in [3.05, 3.63) is 0 Å². The van der Waals surface area contributed by atoms with Crippen LogP contribution in [0.25, 0.3) is 0 Å². The Morgan fingerprint density at radius 1 is 1.18 bits per heavy atom. The molecule has 1 aliphatic carbocycles. The summed E-state index contributed by atoms with van der Waals surface area (Å²) in [6, 6.07) is 0.